The minimum absolute atomic E-state index is 0.0181. The maximum atomic E-state index is 15.9. The van der Waals surface area contributed by atoms with Crippen molar-refractivity contribution in [2.75, 3.05) is 15.5 Å². The van der Waals surface area contributed by atoms with Gasteiger partial charge in [-0.2, -0.15) is 4.90 Å². The fourth-order valence-electron chi connectivity index (χ4n) is 5.08. The molecule has 0 heterocycles. The minimum atomic E-state index is -1.91. The quantitative estimate of drug-likeness (QED) is 0.213. The molecule has 2 atom stereocenters. The van der Waals surface area contributed by atoms with Crippen molar-refractivity contribution in [1.29, 1.82) is 0 Å². The molecule has 0 spiro atoms. The van der Waals surface area contributed by atoms with Crippen LogP contribution in [0.15, 0.2) is 46.9 Å². The third kappa shape index (κ3) is 8.26. The number of nitrogens with zero attached hydrogens (tertiary/aromatic N) is 1. The van der Waals surface area contributed by atoms with E-state index in [9.17, 15) is 24.3 Å². The third-order valence-electron chi connectivity index (χ3n) is 7.31. The van der Waals surface area contributed by atoms with Crippen LogP contribution in [-0.2, 0) is 14.9 Å². The van der Waals surface area contributed by atoms with Crippen LogP contribution in [0.4, 0.5) is 35.4 Å². The molecule has 4 rings (SSSR count). The standard InChI is InChI=1S/C33H30BrCl4F2N3O6/c1-31(2,3)24-25(39)20(13-21(26(24)40)43(29(46)47)30(48)49-32(4,5)6)42-27(44)16-12-15(8-10-18(16)35)41-28(45)23-22(33(23,37)38)14-7-9-19(36)17(34)11-14/h7-13,22-23H,1-6H3,(H,41,45)(H,42,44)(H,46,47)/t22-,23+/m0/s1. The summed E-state index contributed by atoms with van der Waals surface area (Å²) < 4.78 is 36.1. The van der Waals surface area contributed by atoms with Crippen molar-refractivity contribution in [1.82, 2.24) is 0 Å². The van der Waals surface area contributed by atoms with Crippen molar-refractivity contribution >= 4 is 103 Å². The number of imide groups is 1. The van der Waals surface area contributed by atoms with Crippen molar-refractivity contribution in [3.8, 4) is 0 Å². The molecule has 1 fully saturated rings. The lowest BCUT2D eigenvalue weighted by molar-refractivity contribution is -0.117. The van der Waals surface area contributed by atoms with Crippen LogP contribution >= 0.6 is 62.3 Å². The maximum absolute atomic E-state index is 15.9. The number of alkyl halides is 2. The van der Waals surface area contributed by atoms with E-state index < -0.39 is 79.8 Å². The number of halogens is 7. The van der Waals surface area contributed by atoms with Crippen LogP contribution in [0.5, 0.6) is 0 Å². The number of amides is 4. The van der Waals surface area contributed by atoms with Gasteiger partial charge in [0.2, 0.25) is 5.91 Å². The first-order valence-corrected chi connectivity index (χ1v) is 16.8. The van der Waals surface area contributed by atoms with Crippen LogP contribution in [0.25, 0.3) is 0 Å². The summed E-state index contributed by atoms with van der Waals surface area (Å²) in [5.41, 5.74) is -4.04. The molecule has 0 radical (unpaired) electrons. The fraction of sp³-hybridized carbons (Fsp3) is 0.333. The molecule has 3 aromatic carbocycles. The van der Waals surface area contributed by atoms with Gasteiger partial charge in [-0.15, -0.1) is 23.2 Å². The van der Waals surface area contributed by atoms with Gasteiger partial charge in [0.1, 0.15) is 9.93 Å². The molecule has 3 aromatic rings. The molecule has 262 valence electrons. The van der Waals surface area contributed by atoms with Crippen LogP contribution < -0.4 is 15.5 Å². The van der Waals surface area contributed by atoms with E-state index in [0.717, 1.165) is 0 Å². The van der Waals surface area contributed by atoms with Gasteiger partial charge in [0.25, 0.3) is 5.91 Å². The van der Waals surface area contributed by atoms with Gasteiger partial charge >= 0.3 is 12.2 Å². The van der Waals surface area contributed by atoms with Crippen LogP contribution in [0, 0.1) is 17.6 Å². The molecule has 9 nitrogen and oxygen atoms in total. The molecule has 0 saturated heterocycles. The molecule has 1 aliphatic rings. The molecule has 1 saturated carbocycles. The predicted molar refractivity (Wildman–Crippen MR) is 190 cm³/mol. The van der Waals surface area contributed by atoms with Crippen LogP contribution in [0.1, 0.15) is 68.9 Å². The van der Waals surface area contributed by atoms with E-state index in [-0.39, 0.29) is 21.2 Å². The highest BCUT2D eigenvalue weighted by Crippen LogP contribution is 2.65. The van der Waals surface area contributed by atoms with Gasteiger partial charge in [-0.05, 0) is 84.1 Å². The predicted octanol–water partition coefficient (Wildman–Crippen LogP) is 10.5. The highest BCUT2D eigenvalue weighted by molar-refractivity contribution is 9.10. The Morgan fingerprint density at radius 1 is 0.918 bits per heavy atom. The average Bonchev–Trinajstić information content (AvgIpc) is 3.53. The average molecular weight is 824 g/mol. The Kier molecular flexibility index (Phi) is 10.9. The summed E-state index contributed by atoms with van der Waals surface area (Å²) in [7, 11) is 0. The molecule has 1 aliphatic carbocycles. The molecule has 4 amide bonds. The lowest BCUT2D eigenvalue weighted by atomic mass is 9.85. The number of carbonyl (C=O) groups excluding carboxylic acids is 3. The number of nitrogens with one attached hydrogen (secondary N) is 2. The van der Waals surface area contributed by atoms with Crippen molar-refractivity contribution in [2.45, 2.75) is 62.8 Å². The van der Waals surface area contributed by atoms with Gasteiger partial charge in [0.05, 0.1) is 32.9 Å². The highest BCUT2D eigenvalue weighted by Gasteiger charge is 2.67. The first kappa shape index (κ1) is 38.6. The number of rotatable bonds is 6. The first-order valence-electron chi connectivity index (χ1n) is 14.5. The molecular formula is C33H30BrCl4F2N3O6. The minimum Gasteiger partial charge on any atom is -0.464 e. The van der Waals surface area contributed by atoms with Crippen molar-refractivity contribution in [2.24, 2.45) is 5.92 Å². The number of carbonyl (C=O) groups is 4. The third-order valence-corrected chi connectivity index (χ3v) is 9.79. The summed E-state index contributed by atoms with van der Waals surface area (Å²) in [6.07, 6.45) is -3.36. The second-order valence-corrected chi connectivity index (χ2v) is 16.3. The zero-order valence-electron chi connectivity index (χ0n) is 26.8. The zero-order chi connectivity index (χ0) is 37.0. The summed E-state index contributed by atoms with van der Waals surface area (Å²) in [5, 5.41) is 15.2. The second-order valence-electron chi connectivity index (χ2n) is 13.2. The maximum Gasteiger partial charge on any atom is 0.424 e. The second kappa shape index (κ2) is 13.9. The van der Waals surface area contributed by atoms with Crippen molar-refractivity contribution in [3.05, 3.63) is 85.3 Å². The molecule has 0 bridgehead atoms. The van der Waals surface area contributed by atoms with Gasteiger partial charge in [-0.25, -0.2) is 18.4 Å². The van der Waals surface area contributed by atoms with Gasteiger partial charge in [-0.1, -0.05) is 50.0 Å². The Morgan fingerprint density at radius 2 is 1.53 bits per heavy atom. The van der Waals surface area contributed by atoms with E-state index >= 15 is 8.78 Å². The van der Waals surface area contributed by atoms with E-state index in [1.807, 2.05) is 0 Å². The molecule has 0 aromatic heterocycles. The number of hydrogen-bond acceptors (Lipinski definition) is 5. The van der Waals surface area contributed by atoms with Gasteiger partial charge < -0.3 is 20.5 Å². The van der Waals surface area contributed by atoms with Crippen molar-refractivity contribution < 1.29 is 37.8 Å². The Balaban J connectivity index is 1.66. The Bertz CT molecular complexity index is 1880. The van der Waals surface area contributed by atoms with Gasteiger partial charge in [0.15, 0.2) is 11.6 Å². The van der Waals surface area contributed by atoms with E-state index in [0.29, 0.717) is 21.1 Å². The molecule has 0 unspecified atom stereocenters. The number of ether oxygens (including phenoxy) is 1. The monoisotopic (exact) mass is 821 g/mol. The first-order chi connectivity index (χ1) is 22.5. The smallest absolute Gasteiger partial charge is 0.424 e. The molecule has 3 N–H and O–H groups in total. The molecule has 49 heavy (non-hydrogen) atoms. The van der Waals surface area contributed by atoms with E-state index in [1.165, 1.54) is 59.7 Å². The normalized spacial score (nSPS) is 16.8. The lowest BCUT2D eigenvalue weighted by Gasteiger charge is -2.28. The summed E-state index contributed by atoms with van der Waals surface area (Å²) >= 11 is 28.7. The number of anilines is 3. The van der Waals surface area contributed by atoms with Gasteiger partial charge in [-0.3, -0.25) is 9.59 Å². The van der Waals surface area contributed by atoms with E-state index in [4.69, 9.17) is 51.1 Å². The largest absolute Gasteiger partial charge is 0.464 e. The topological polar surface area (TPSA) is 125 Å². The summed E-state index contributed by atoms with van der Waals surface area (Å²) in [5.74, 6) is -5.57. The Morgan fingerprint density at radius 3 is 2.08 bits per heavy atom. The zero-order valence-corrected chi connectivity index (χ0v) is 31.4. The summed E-state index contributed by atoms with van der Waals surface area (Å²) in [6.45, 7) is 8.79. The van der Waals surface area contributed by atoms with Crippen LogP contribution in [-0.4, -0.2) is 39.0 Å². The van der Waals surface area contributed by atoms with Gasteiger partial charge in [0, 0.05) is 21.6 Å². The SMILES string of the molecule is CC(C)(C)OC(=O)N(C(=O)O)c1cc(NC(=O)c2cc(NC(=O)[C@H]3[C@H](c4ccc(Cl)c(Br)c4)C3(Cl)Cl)ccc2Cl)c(F)c(C(C)(C)C)c1F. The Hall–Kier alpha value is -3.16. The van der Waals surface area contributed by atoms with E-state index in [2.05, 4.69) is 26.6 Å². The van der Waals surface area contributed by atoms with Crippen molar-refractivity contribution in [3.63, 3.8) is 0 Å². The summed E-state index contributed by atoms with van der Waals surface area (Å²) in [6, 6.07) is 9.64. The van der Waals surface area contributed by atoms with Crippen LogP contribution in [0.3, 0.4) is 0 Å². The number of hydrogen-bond donors (Lipinski definition) is 3. The number of carboxylic acid groups (broad SMARTS) is 1. The van der Waals surface area contributed by atoms with E-state index in [1.54, 1.807) is 18.2 Å². The molecule has 0 aliphatic heterocycles. The molecule has 16 heteroatoms. The highest BCUT2D eigenvalue weighted by atomic mass is 79.9. The molecular weight excluding hydrogens is 794 g/mol. The fourth-order valence-corrected chi connectivity index (χ4v) is 6.63. The Labute approximate surface area is 309 Å². The lowest BCUT2D eigenvalue weighted by Crippen LogP contribution is -2.41. The summed E-state index contributed by atoms with van der Waals surface area (Å²) in [4.78, 5) is 51.8. The van der Waals surface area contributed by atoms with Crippen LogP contribution in [0.2, 0.25) is 10.0 Å². The number of benzene rings is 3.